The van der Waals surface area contributed by atoms with Crippen LogP contribution in [0, 0.1) is 0 Å². The third kappa shape index (κ3) is 1.96. The molecule has 1 aromatic heterocycles. The van der Waals surface area contributed by atoms with Crippen molar-refractivity contribution >= 4 is 11.3 Å². The van der Waals surface area contributed by atoms with E-state index >= 15 is 0 Å². The first-order valence-corrected chi connectivity index (χ1v) is 5.42. The molecule has 0 saturated heterocycles. The fraction of sp³-hybridized carbons (Fsp3) is 0.167. The quantitative estimate of drug-likeness (QED) is 0.745. The van der Waals surface area contributed by atoms with Gasteiger partial charge in [0.05, 0.1) is 7.11 Å². The van der Waals surface area contributed by atoms with Crippen LogP contribution in [0.2, 0.25) is 0 Å². The molecule has 0 spiro atoms. The summed E-state index contributed by atoms with van der Waals surface area (Å²) in [6, 6.07) is 12.4. The molecule has 1 heterocycles. The molecule has 1 nitrogen and oxygen atoms in total. The molecule has 1 aromatic carbocycles. The van der Waals surface area contributed by atoms with E-state index in [2.05, 4.69) is 23.6 Å². The number of thiophene rings is 1. The summed E-state index contributed by atoms with van der Waals surface area (Å²) in [5.41, 5.74) is 1.25. The Bertz CT molecular complexity index is 392. The number of ether oxygens (including phenoxy) is 1. The zero-order chi connectivity index (χ0) is 9.80. The van der Waals surface area contributed by atoms with Gasteiger partial charge in [-0.3, -0.25) is 0 Å². The molecule has 0 aliphatic heterocycles. The summed E-state index contributed by atoms with van der Waals surface area (Å²) in [4.78, 5) is 1.37. The van der Waals surface area contributed by atoms with Crippen LogP contribution >= 0.6 is 11.3 Å². The second kappa shape index (κ2) is 4.29. The topological polar surface area (TPSA) is 9.23 Å². The van der Waals surface area contributed by atoms with E-state index in [0.717, 1.165) is 12.2 Å². The zero-order valence-corrected chi connectivity index (χ0v) is 8.88. The van der Waals surface area contributed by atoms with Crippen molar-refractivity contribution in [3.05, 3.63) is 52.2 Å². The van der Waals surface area contributed by atoms with Crippen LogP contribution in [0.15, 0.2) is 41.8 Å². The van der Waals surface area contributed by atoms with Crippen LogP contribution in [0.5, 0.6) is 5.75 Å². The molecule has 0 radical (unpaired) electrons. The lowest BCUT2D eigenvalue weighted by Crippen LogP contribution is -1.91. The Labute approximate surface area is 88.0 Å². The minimum atomic E-state index is 0.960. The largest absolute Gasteiger partial charge is 0.496 e. The van der Waals surface area contributed by atoms with E-state index in [1.165, 1.54) is 10.4 Å². The number of hydrogen-bond acceptors (Lipinski definition) is 2. The van der Waals surface area contributed by atoms with Gasteiger partial charge in [-0.05, 0) is 23.1 Å². The molecule has 0 saturated carbocycles. The van der Waals surface area contributed by atoms with Crippen molar-refractivity contribution in [3.8, 4) is 5.75 Å². The van der Waals surface area contributed by atoms with Gasteiger partial charge in [-0.25, -0.2) is 0 Å². The molecule has 72 valence electrons. The van der Waals surface area contributed by atoms with Crippen molar-refractivity contribution in [2.75, 3.05) is 7.11 Å². The SMILES string of the molecule is COc1ccccc1Cc1cccs1. The molecule has 0 N–H and O–H groups in total. The number of hydrogen-bond donors (Lipinski definition) is 0. The van der Waals surface area contributed by atoms with Gasteiger partial charge in [0.15, 0.2) is 0 Å². The first-order valence-electron chi connectivity index (χ1n) is 4.54. The number of para-hydroxylation sites is 1. The van der Waals surface area contributed by atoms with Gasteiger partial charge < -0.3 is 4.74 Å². The van der Waals surface area contributed by atoms with Crippen LogP contribution in [-0.4, -0.2) is 7.11 Å². The van der Waals surface area contributed by atoms with Crippen molar-refractivity contribution in [2.45, 2.75) is 6.42 Å². The van der Waals surface area contributed by atoms with E-state index < -0.39 is 0 Å². The molecule has 0 amide bonds. The van der Waals surface area contributed by atoms with Crippen molar-refractivity contribution < 1.29 is 4.74 Å². The standard InChI is InChI=1S/C12H12OS/c1-13-12-7-3-2-5-10(12)9-11-6-4-8-14-11/h2-8H,9H2,1H3. The van der Waals surface area contributed by atoms with E-state index in [4.69, 9.17) is 4.74 Å². The Morgan fingerprint density at radius 3 is 2.71 bits per heavy atom. The molecular weight excluding hydrogens is 192 g/mol. The van der Waals surface area contributed by atoms with Crippen LogP contribution in [0.3, 0.4) is 0 Å². The number of benzene rings is 1. The van der Waals surface area contributed by atoms with E-state index in [1.54, 1.807) is 18.4 Å². The minimum absolute atomic E-state index is 0.960. The third-order valence-corrected chi connectivity index (χ3v) is 3.01. The molecule has 2 aromatic rings. The van der Waals surface area contributed by atoms with E-state index in [9.17, 15) is 0 Å². The predicted molar refractivity (Wildman–Crippen MR) is 60.1 cm³/mol. The second-order valence-corrected chi connectivity index (χ2v) is 4.10. The molecule has 2 heteroatoms. The average molecular weight is 204 g/mol. The Morgan fingerprint density at radius 2 is 2.00 bits per heavy atom. The molecule has 0 aliphatic rings. The highest BCUT2D eigenvalue weighted by atomic mass is 32.1. The molecular formula is C12H12OS. The van der Waals surface area contributed by atoms with Crippen LogP contribution in [0.25, 0.3) is 0 Å². The van der Waals surface area contributed by atoms with Gasteiger partial charge in [0.2, 0.25) is 0 Å². The first-order chi connectivity index (χ1) is 6.90. The molecule has 0 aliphatic carbocycles. The van der Waals surface area contributed by atoms with Gasteiger partial charge in [-0.1, -0.05) is 24.3 Å². The van der Waals surface area contributed by atoms with Gasteiger partial charge in [-0.2, -0.15) is 0 Å². The second-order valence-electron chi connectivity index (χ2n) is 3.07. The molecule has 14 heavy (non-hydrogen) atoms. The fourth-order valence-electron chi connectivity index (χ4n) is 1.45. The van der Waals surface area contributed by atoms with E-state index in [0.29, 0.717) is 0 Å². The highest BCUT2D eigenvalue weighted by Gasteiger charge is 2.02. The lowest BCUT2D eigenvalue weighted by Gasteiger charge is -2.06. The maximum atomic E-state index is 5.30. The summed E-state index contributed by atoms with van der Waals surface area (Å²) < 4.78 is 5.30. The van der Waals surface area contributed by atoms with E-state index in [1.807, 2.05) is 18.2 Å². The summed E-state index contributed by atoms with van der Waals surface area (Å²) in [7, 11) is 1.72. The zero-order valence-electron chi connectivity index (χ0n) is 8.07. The van der Waals surface area contributed by atoms with Gasteiger partial charge in [-0.15, -0.1) is 11.3 Å². The summed E-state index contributed by atoms with van der Waals surface area (Å²) in [6.07, 6.45) is 0.960. The fourth-order valence-corrected chi connectivity index (χ4v) is 2.18. The third-order valence-electron chi connectivity index (χ3n) is 2.14. The highest BCUT2D eigenvalue weighted by molar-refractivity contribution is 7.09. The average Bonchev–Trinajstić information content (AvgIpc) is 2.71. The normalized spacial score (nSPS) is 10.1. The summed E-state index contributed by atoms with van der Waals surface area (Å²) in [6.45, 7) is 0. The Hall–Kier alpha value is -1.28. The van der Waals surface area contributed by atoms with Gasteiger partial charge >= 0.3 is 0 Å². The molecule has 0 unspecified atom stereocenters. The van der Waals surface area contributed by atoms with Crippen LogP contribution < -0.4 is 4.74 Å². The summed E-state index contributed by atoms with van der Waals surface area (Å²) >= 11 is 1.78. The molecule has 0 bridgehead atoms. The smallest absolute Gasteiger partial charge is 0.122 e. The summed E-state index contributed by atoms with van der Waals surface area (Å²) in [5.74, 6) is 0.973. The van der Waals surface area contributed by atoms with Gasteiger partial charge in [0.1, 0.15) is 5.75 Å². The summed E-state index contributed by atoms with van der Waals surface area (Å²) in [5, 5.41) is 2.10. The van der Waals surface area contributed by atoms with Crippen molar-refractivity contribution in [3.63, 3.8) is 0 Å². The molecule has 0 atom stereocenters. The highest BCUT2D eigenvalue weighted by Crippen LogP contribution is 2.22. The van der Waals surface area contributed by atoms with E-state index in [-0.39, 0.29) is 0 Å². The molecule has 2 rings (SSSR count). The van der Waals surface area contributed by atoms with Crippen molar-refractivity contribution in [1.82, 2.24) is 0 Å². The maximum absolute atomic E-state index is 5.30. The number of rotatable bonds is 3. The molecule has 0 fully saturated rings. The Morgan fingerprint density at radius 1 is 1.14 bits per heavy atom. The van der Waals surface area contributed by atoms with Crippen molar-refractivity contribution in [2.24, 2.45) is 0 Å². The lowest BCUT2D eigenvalue weighted by molar-refractivity contribution is 0.410. The van der Waals surface area contributed by atoms with Gasteiger partial charge in [0, 0.05) is 11.3 Å². The Kier molecular flexibility index (Phi) is 2.84. The van der Waals surface area contributed by atoms with Crippen molar-refractivity contribution in [1.29, 1.82) is 0 Å². The monoisotopic (exact) mass is 204 g/mol. The van der Waals surface area contributed by atoms with Crippen LogP contribution in [0.1, 0.15) is 10.4 Å². The minimum Gasteiger partial charge on any atom is -0.496 e. The van der Waals surface area contributed by atoms with Crippen LogP contribution in [-0.2, 0) is 6.42 Å². The predicted octanol–water partition coefficient (Wildman–Crippen LogP) is 3.35. The van der Waals surface area contributed by atoms with Crippen LogP contribution in [0.4, 0.5) is 0 Å². The number of methoxy groups -OCH3 is 1. The lowest BCUT2D eigenvalue weighted by atomic mass is 10.1. The Balaban J connectivity index is 2.24. The van der Waals surface area contributed by atoms with Gasteiger partial charge in [0.25, 0.3) is 0 Å². The first kappa shape index (κ1) is 9.28. The maximum Gasteiger partial charge on any atom is 0.122 e.